The lowest BCUT2D eigenvalue weighted by Crippen LogP contribution is -2.21. The number of aliphatic hydroxyl groups is 1. The van der Waals surface area contributed by atoms with E-state index < -0.39 is 5.83 Å². The smallest absolute Gasteiger partial charge is 0.152 e. The van der Waals surface area contributed by atoms with Crippen LogP contribution in [0.1, 0.15) is 33.8 Å². The van der Waals surface area contributed by atoms with Gasteiger partial charge in [0.2, 0.25) is 0 Å². The topological polar surface area (TPSA) is 71.5 Å². The zero-order chi connectivity index (χ0) is 21.2. The molecule has 6 heteroatoms. The third kappa shape index (κ3) is 5.39. The lowest BCUT2D eigenvalue weighted by Gasteiger charge is -2.27. The fraction of sp³-hybridized carbons (Fsp3) is 0.217. The maximum Gasteiger partial charge on any atom is 0.152 e. The van der Waals surface area contributed by atoms with Crippen molar-refractivity contribution in [3.63, 3.8) is 0 Å². The summed E-state index contributed by atoms with van der Waals surface area (Å²) in [6, 6.07) is 7.33. The van der Waals surface area contributed by atoms with Crippen molar-refractivity contribution in [1.29, 1.82) is 0 Å². The van der Waals surface area contributed by atoms with Gasteiger partial charge in [-0.15, -0.1) is 0 Å². The van der Waals surface area contributed by atoms with Crippen LogP contribution >= 0.6 is 0 Å². The van der Waals surface area contributed by atoms with Gasteiger partial charge < -0.3 is 15.2 Å². The molecule has 0 amide bonds. The minimum absolute atomic E-state index is 0.211. The summed E-state index contributed by atoms with van der Waals surface area (Å²) < 4.78 is 19.5. The van der Waals surface area contributed by atoms with Gasteiger partial charge in [0.1, 0.15) is 11.6 Å². The summed E-state index contributed by atoms with van der Waals surface area (Å²) in [5, 5.41) is 10.3. The zero-order valence-electron chi connectivity index (χ0n) is 16.4. The number of nitrogens with zero attached hydrogens (tertiary/aromatic N) is 1. The molecule has 2 aromatic rings. The third-order valence-electron chi connectivity index (χ3n) is 4.59. The van der Waals surface area contributed by atoms with Gasteiger partial charge in [-0.1, -0.05) is 37.4 Å². The Morgan fingerprint density at radius 1 is 1.41 bits per heavy atom. The first-order chi connectivity index (χ1) is 14.1. The average Bonchev–Trinajstić information content (AvgIpc) is 2.77. The van der Waals surface area contributed by atoms with Gasteiger partial charge in [0, 0.05) is 36.9 Å². The van der Waals surface area contributed by atoms with Gasteiger partial charge in [-0.25, -0.2) is 4.39 Å². The van der Waals surface area contributed by atoms with Gasteiger partial charge >= 0.3 is 0 Å². The summed E-state index contributed by atoms with van der Waals surface area (Å²) in [5.74, 6) is 0.438. The van der Waals surface area contributed by atoms with Crippen LogP contribution in [0.5, 0.6) is 5.75 Å². The number of pyridine rings is 1. The van der Waals surface area contributed by atoms with E-state index in [0.717, 1.165) is 31.1 Å². The predicted octanol–water partition coefficient (Wildman–Crippen LogP) is 4.53. The molecular formula is C23H25FN2O3. The molecule has 3 rings (SSSR count). The van der Waals surface area contributed by atoms with Crippen LogP contribution in [0, 0.1) is 0 Å². The number of aromatic nitrogens is 1. The second-order valence-corrected chi connectivity index (χ2v) is 6.27. The van der Waals surface area contributed by atoms with Gasteiger partial charge in [-0.3, -0.25) is 9.78 Å². The minimum Gasteiger partial charge on any atom is -0.493 e. The molecule has 5 nitrogen and oxygen atoms in total. The molecule has 152 valence electrons. The summed E-state index contributed by atoms with van der Waals surface area (Å²) in [6.07, 6.45) is 8.02. The van der Waals surface area contributed by atoms with Crippen molar-refractivity contribution < 1.29 is 19.0 Å². The first kappa shape index (κ1) is 22.0. The molecule has 0 aliphatic carbocycles. The van der Waals surface area contributed by atoms with Crippen LogP contribution in [-0.2, 0) is 0 Å². The SMILES string of the molecule is C=C/C=C(\C(=C)F)c1ccc2c(c1)OCCC2CNc1cnccc1C=O.CO. The maximum absolute atomic E-state index is 13.7. The van der Waals surface area contributed by atoms with Gasteiger partial charge in [-0.05, 0) is 29.7 Å². The molecule has 1 aromatic heterocycles. The molecule has 1 aliphatic rings. The van der Waals surface area contributed by atoms with E-state index in [1.165, 1.54) is 6.08 Å². The van der Waals surface area contributed by atoms with Gasteiger partial charge in [0.15, 0.2) is 6.29 Å². The van der Waals surface area contributed by atoms with Crippen LogP contribution in [0.3, 0.4) is 0 Å². The Labute approximate surface area is 170 Å². The number of aliphatic hydroxyl groups excluding tert-OH is 1. The number of ether oxygens (including phenoxy) is 1. The number of benzene rings is 1. The highest BCUT2D eigenvalue weighted by Crippen LogP contribution is 2.37. The van der Waals surface area contributed by atoms with Gasteiger partial charge in [-0.2, -0.15) is 0 Å². The molecule has 1 aliphatic heterocycles. The van der Waals surface area contributed by atoms with Crippen LogP contribution in [0.2, 0.25) is 0 Å². The molecule has 0 saturated carbocycles. The van der Waals surface area contributed by atoms with Crippen molar-refractivity contribution in [3.8, 4) is 5.75 Å². The quantitative estimate of drug-likeness (QED) is 0.531. The van der Waals surface area contributed by atoms with Crippen molar-refractivity contribution in [3.05, 3.63) is 84.5 Å². The second-order valence-electron chi connectivity index (χ2n) is 6.27. The van der Waals surface area contributed by atoms with Crippen molar-refractivity contribution in [1.82, 2.24) is 4.98 Å². The molecule has 0 spiro atoms. The van der Waals surface area contributed by atoms with Crippen LogP contribution in [0.4, 0.5) is 10.1 Å². The van der Waals surface area contributed by atoms with Crippen LogP contribution in [-0.4, -0.2) is 36.6 Å². The zero-order valence-corrected chi connectivity index (χ0v) is 16.4. The highest BCUT2D eigenvalue weighted by molar-refractivity contribution is 5.83. The van der Waals surface area contributed by atoms with Crippen molar-refractivity contribution in [2.75, 3.05) is 25.6 Å². The molecule has 1 atom stereocenters. The number of anilines is 1. The summed E-state index contributed by atoms with van der Waals surface area (Å²) >= 11 is 0. The Morgan fingerprint density at radius 2 is 2.21 bits per heavy atom. The summed E-state index contributed by atoms with van der Waals surface area (Å²) in [4.78, 5) is 15.2. The number of rotatable bonds is 7. The van der Waals surface area contributed by atoms with Gasteiger partial charge in [0.05, 0.1) is 18.5 Å². The molecule has 0 fully saturated rings. The minimum atomic E-state index is -0.512. The van der Waals surface area contributed by atoms with E-state index in [0.29, 0.717) is 35.5 Å². The Bertz CT molecular complexity index is 909. The van der Waals surface area contributed by atoms with Crippen LogP contribution in [0.25, 0.3) is 5.57 Å². The van der Waals surface area contributed by atoms with E-state index >= 15 is 0 Å². The lowest BCUT2D eigenvalue weighted by atomic mass is 9.90. The predicted molar refractivity (Wildman–Crippen MR) is 114 cm³/mol. The fourth-order valence-corrected chi connectivity index (χ4v) is 3.19. The molecule has 29 heavy (non-hydrogen) atoms. The number of allylic oxidation sites excluding steroid dienone is 4. The Kier molecular flexibility index (Phi) is 8.30. The van der Waals surface area contributed by atoms with Gasteiger partial charge in [0.25, 0.3) is 0 Å². The molecule has 0 saturated heterocycles. The fourth-order valence-electron chi connectivity index (χ4n) is 3.19. The molecule has 0 radical (unpaired) electrons. The van der Waals surface area contributed by atoms with Crippen LogP contribution in [0.15, 0.2) is 67.8 Å². The monoisotopic (exact) mass is 396 g/mol. The van der Waals surface area contributed by atoms with Crippen LogP contribution < -0.4 is 10.1 Å². The molecule has 2 N–H and O–H groups in total. The second kappa shape index (κ2) is 10.9. The first-order valence-electron chi connectivity index (χ1n) is 9.16. The summed E-state index contributed by atoms with van der Waals surface area (Å²) in [7, 11) is 1.00. The van der Waals surface area contributed by atoms with E-state index in [9.17, 15) is 9.18 Å². The van der Waals surface area contributed by atoms with E-state index in [1.54, 1.807) is 24.5 Å². The molecule has 1 aromatic carbocycles. The number of fused-ring (bicyclic) bond motifs is 1. The maximum atomic E-state index is 13.7. The molecule has 1 unspecified atom stereocenters. The lowest BCUT2D eigenvalue weighted by molar-refractivity contribution is 0.112. The highest BCUT2D eigenvalue weighted by Gasteiger charge is 2.22. The number of nitrogens with one attached hydrogen (secondary N) is 1. The number of halogens is 1. The van der Waals surface area contributed by atoms with E-state index in [-0.39, 0.29) is 5.92 Å². The van der Waals surface area contributed by atoms with Crippen molar-refractivity contribution in [2.24, 2.45) is 0 Å². The molecular weight excluding hydrogens is 371 g/mol. The average molecular weight is 396 g/mol. The molecule has 0 bridgehead atoms. The number of hydrogen-bond donors (Lipinski definition) is 2. The van der Waals surface area contributed by atoms with E-state index in [1.807, 2.05) is 18.2 Å². The Hall–Kier alpha value is -3.25. The standard InChI is InChI=1S/C22H21FN2O2.CH4O/c1-3-4-19(15(2)23)16-5-6-20-17(8-10-27-22(20)11-16)12-25-21-13-24-9-7-18(21)14-26;1-2/h3-7,9,11,13-14,17,25H,1-2,8,10,12H2;2H,1H3/b19-4+;. The van der Waals surface area contributed by atoms with Crippen molar-refractivity contribution in [2.45, 2.75) is 12.3 Å². The number of hydrogen-bond acceptors (Lipinski definition) is 5. The highest BCUT2D eigenvalue weighted by atomic mass is 19.1. The normalized spacial score (nSPS) is 15.1. The first-order valence-corrected chi connectivity index (χ1v) is 9.16. The Balaban J connectivity index is 0.00000145. The van der Waals surface area contributed by atoms with Crippen molar-refractivity contribution >= 4 is 17.5 Å². The summed E-state index contributed by atoms with van der Waals surface area (Å²) in [6.45, 7) is 8.23. The molecule has 2 heterocycles. The number of carbonyl (C=O) groups excluding carboxylic acids is 1. The Morgan fingerprint density at radius 3 is 2.90 bits per heavy atom. The third-order valence-corrected chi connectivity index (χ3v) is 4.59. The number of carbonyl (C=O) groups is 1. The van der Waals surface area contributed by atoms with E-state index in [4.69, 9.17) is 9.84 Å². The largest absolute Gasteiger partial charge is 0.493 e. The van der Waals surface area contributed by atoms with E-state index in [2.05, 4.69) is 23.5 Å². The summed E-state index contributed by atoms with van der Waals surface area (Å²) in [5.41, 5.74) is 3.43. The number of aldehydes is 1.